The van der Waals surface area contributed by atoms with Gasteiger partial charge in [-0.05, 0) is 64.4 Å². The molecule has 0 unspecified atom stereocenters. The van der Waals surface area contributed by atoms with E-state index in [1.54, 1.807) is 25.7 Å². The number of H-pyrrole nitrogens is 1. The van der Waals surface area contributed by atoms with E-state index in [0.717, 1.165) is 18.8 Å². The maximum absolute atomic E-state index is 13.0. The van der Waals surface area contributed by atoms with Gasteiger partial charge in [-0.25, -0.2) is 4.79 Å². The molecule has 3 N–H and O–H groups in total. The maximum Gasteiger partial charge on any atom is 0.340 e. The number of hydrogen-bond acceptors (Lipinski definition) is 5. The molecule has 1 atom stereocenters. The Labute approximate surface area is 184 Å². The summed E-state index contributed by atoms with van der Waals surface area (Å²) >= 11 is 0. The number of rotatable bonds is 8. The van der Waals surface area contributed by atoms with Gasteiger partial charge in [-0.15, -0.1) is 0 Å². The summed E-state index contributed by atoms with van der Waals surface area (Å²) in [5.74, 6) is -0.482. The second kappa shape index (κ2) is 10.0. The smallest absolute Gasteiger partial charge is 0.340 e. The van der Waals surface area contributed by atoms with Crippen molar-refractivity contribution >= 4 is 23.1 Å². The number of aryl methyl sites for hydroxylation is 1. The van der Waals surface area contributed by atoms with Crippen molar-refractivity contribution in [2.24, 2.45) is 0 Å². The first-order valence-corrected chi connectivity index (χ1v) is 11.2. The number of likely N-dealkylation sites (N-methyl/N-ethyl adjacent to an activating group) is 1. The Kier molecular flexibility index (Phi) is 7.38. The third-order valence-electron chi connectivity index (χ3n) is 6.14. The Morgan fingerprint density at radius 3 is 2.39 bits per heavy atom. The number of anilines is 2. The number of quaternary nitrogens is 1. The molecule has 0 spiro atoms. The van der Waals surface area contributed by atoms with Gasteiger partial charge in [0.25, 0.3) is 0 Å². The third kappa shape index (κ3) is 5.10. The van der Waals surface area contributed by atoms with Crippen LogP contribution in [0, 0.1) is 13.8 Å². The number of benzene rings is 1. The number of aromatic nitrogens is 1. The van der Waals surface area contributed by atoms with Crippen molar-refractivity contribution in [2.45, 2.75) is 40.7 Å². The van der Waals surface area contributed by atoms with Crippen LogP contribution in [0.3, 0.4) is 0 Å². The molecule has 0 aliphatic carbocycles. The standard InChI is InChI=1S/C24H34N4O3/c1-6-27-12-14-28(15-13-27)20-10-8-19(9-11-20)25-18(5)23(29)22-16(3)21(17(4)26-22)24(30)31-7-2/h8-11,18,25-26H,6-7,12-15H2,1-5H3/p+1/t18-/m1/s1. The second-order valence-electron chi connectivity index (χ2n) is 8.21. The molecule has 1 fully saturated rings. The first-order chi connectivity index (χ1) is 14.8. The molecule has 7 nitrogen and oxygen atoms in total. The molecular weight excluding hydrogens is 392 g/mol. The molecule has 2 aromatic rings. The molecule has 31 heavy (non-hydrogen) atoms. The lowest BCUT2D eigenvalue weighted by Crippen LogP contribution is -3.14. The number of hydrogen-bond donors (Lipinski definition) is 3. The summed E-state index contributed by atoms with van der Waals surface area (Å²) in [5, 5.41) is 3.29. The Morgan fingerprint density at radius 2 is 1.81 bits per heavy atom. The molecular formula is C24H35N4O3+. The van der Waals surface area contributed by atoms with Gasteiger partial charge >= 0.3 is 5.97 Å². The third-order valence-corrected chi connectivity index (χ3v) is 6.14. The number of Topliss-reactive ketones (excluding diaryl/α,β-unsaturated/α-hetero) is 1. The molecule has 168 valence electrons. The van der Waals surface area contributed by atoms with Crippen molar-refractivity contribution in [1.82, 2.24) is 4.98 Å². The topological polar surface area (TPSA) is 78.9 Å². The van der Waals surface area contributed by atoms with Gasteiger partial charge in [-0.3, -0.25) is 4.79 Å². The van der Waals surface area contributed by atoms with Crippen LogP contribution in [0.4, 0.5) is 11.4 Å². The first-order valence-electron chi connectivity index (χ1n) is 11.2. The van der Waals surface area contributed by atoms with Gasteiger partial charge in [0.15, 0.2) is 0 Å². The molecule has 1 aliphatic rings. The molecule has 2 heterocycles. The molecule has 7 heteroatoms. The van der Waals surface area contributed by atoms with Crippen molar-refractivity contribution in [1.29, 1.82) is 0 Å². The molecule has 3 rings (SSSR count). The number of nitrogens with one attached hydrogen (secondary N) is 3. The van der Waals surface area contributed by atoms with E-state index in [1.165, 1.54) is 25.3 Å². The average Bonchev–Trinajstić information content (AvgIpc) is 3.07. The molecule has 1 saturated heterocycles. The Bertz CT molecular complexity index is 912. The fourth-order valence-corrected chi connectivity index (χ4v) is 4.24. The highest BCUT2D eigenvalue weighted by molar-refractivity contribution is 6.04. The zero-order valence-electron chi connectivity index (χ0n) is 19.3. The second-order valence-corrected chi connectivity index (χ2v) is 8.21. The van der Waals surface area contributed by atoms with Crippen molar-refractivity contribution in [3.05, 3.63) is 46.8 Å². The van der Waals surface area contributed by atoms with Crippen LogP contribution in [0.5, 0.6) is 0 Å². The molecule has 0 radical (unpaired) electrons. The van der Waals surface area contributed by atoms with E-state index in [-0.39, 0.29) is 5.78 Å². The largest absolute Gasteiger partial charge is 0.462 e. The molecule has 0 bridgehead atoms. The van der Waals surface area contributed by atoms with Gasteiger partial charge in [-0.1, -0.05) is 0 Å². The fraction of sp³-hybridized carbons (Fsp3) is 0.500. The van der Waals surface area contributed by atoms with E-state index in [1.807, 2.05) is 19.1 Å². The molecule has 0 amide bonds. The molecule has 1 aromatic carbocycles. The first kappa shape index (κ1) is 22.9. The van der Waals surface area contributed by atoms with Crippen LogP contribution < -0.4 is 15.1 Å². The molecule has 1 aliphatic heterocycles. The zero-order chi connectivity index (χ0) is 22.5. The monoisotopic (exact) mass is 427 g/mol. The maximum atomic E-state index is 13.0. The van der Waals surface area contributed by atoms with Crippen LogP contribution in [0.1, 0.15) is 52.9 Å². The highest BCUT2D eigenvalue weighted by atomic mass is 16.5. The zero-order valence-corrected chi connectivity index (χ0v) is 19.3. The van der Waals surface area contributed by atoms with Gasteiger partial charge in [-0.2, -0.15) is 0 Å². The Morgan fingerprint density at radius 1 is 1.16 bits per heavy atom. The highest BCUT2D eigenvalue weighted by Gasteiger charge is 2.26. The Hall–Kier alpha value is -2.80. The minimum atomic E-state index is -0.436. The SMILES string of the molecule is CCOC(=O)c1c(C)[nH]c(C(=O)[C@@H](C)Nc2ccc(N3CC[NH+](CC)CC3)cc2)c1C. The van der Waals surface area contributed by atoms with E-state index in [2.05, 4.69) is 34.3 Å². The number of piperazine rings is 1. The lowest BCUT2D eigenvalue weighted by Gasteiger charge is -2.33. The average molecular weight is 428 g/mol. The minimum Gasteiger partial charge on any atom is -0.462 e. The van der Waals surface area contributed by atoms with Gasteiger partial charge in [0.05, 0.1) is 56.6 Å². The number of nitrogens with zero attached hydrogens (tertiary/aromatic N) is 1. The summed E-state index contributed by atoms with van der Waals surface area (Å²) in [6, 6.07) is 7.83. The summed E-state index contributed by atoms with van der Waals surface area (Å²) in [6.07, 6.45) is 0. The van der Waals surface area contributed by atoms with Crippen molar-refractivity contribution in [3.8, 4) is 0 Å². The highest BCUT2D eigenvalue weighted by Crippen LogP contribution is 2.22. The number of carbonyl (C=O) groups excluding carboxylic acids is 2. The number of carbonyl (C=O) groups is 2. The van der Waals surface area contributed by atoms with Gasteiger partial charge in [0, 0.05) is 17.1 Å². The predicted octanol–water partition coefficient (Wildman–Crippen LogP) is 2.22. The minimum absolute atomic E-state index is 0.0844. The normalized spacial score (nSPS) is 15.6. The number of ketones is 1. The van der Waals surface area contributed by atoms with E-state index >= 15 is 0 Å². The van der Waals surface area contributed by atoms with Crippen LogP contribution in [0.2, 0.25) is 0 Å². The summed E-state index contributed by atoms with van der Waals surface area (Å²) in [6.45, 7) is 15.4. The van der Waals surface area contributed by atoms with Crippen molar-refractivity contribution in [3.63, 3.8) is 0 Å². The van der Waals surface area contributed by atoms with Crippen LogP contribution in [-0.4, -0.2) is 62.1 Å². The summed E-state index contributed by atoms with van der Waals surface area (Å²) < 4.78 is 5.12. The van der Waals surface area contributed by atoms with Crippen molar-refractivity contribution < 1.29 is 19.2 Å². The van der Waals surface area contributed by atoms with Crippen LogP contribution in [0.25, 0.3) is 0 Å². The van der Waals surface area contributed by atoms with Crippen LogP contribution in [-0.2, 0) is 4.74 Å². The quantitative estimate of drug-likeness (QED) is 0.445. The summed E-state index contributed by atoms with van der Waals surface area (Å²) in [7, 11) is 0. The number of aromatic amines is 1. The van der Waals surface area contributed by atoms with E-state index in [0.29, 0.717) is 29.1 Å². The van der Waals surface area contributed by atoms with Crippen molar-refractivity contribution in [2.75, 3.05) is 49.5 Å². The summed E-state index contributed by atoms with van der Waals surface area (Å²) in [4.78, 5) is 32.4. The van der Waals surface area contributed by atoms with Gasteiger partial charge < -0.3 is 24.8 Å². The lowest BCUT2D eigenvalue weighted by atomic mass is 10.0. The number of esters is 1. The predicted molar refractivity (Wildman–Crippen MR) is 124 cm³/mol. The van der Waals surface area contributed by atoms with Crippen LogP contribution >= 0.6 is 0 Å². The fourth-order valence-electron chi connectivity index (χ4n) is 4.24. The van der Waals surface area contributed by atoms with Crippen LogP contribution in [0.15, 0.2) is 24.3 Å². The summed E-state index contributed by atoms with van der Waals surface area (Å²) in [5.41, 5.74) is 4.31. The molecule has 1 aromatic heterocycles. The Balaban J connectivity index is 1.65. The number of ether oxygens (including phenoxy) is 1. The molecule has 0 saturated carbocycles. The van der Waals surface area contributed by atoms with Gasteiger partial charge in [0.2, 0.25) is 5.78 Å². The van der Waals surface area contributed by atoms with Gasteiger partial charge in [0.1, 0.15) is 0 Å². The van der Waals surface area contributed by atoms with E-state index < -0.39 is 12.0 Å². The lowest BCUT2D eigenvalue weighted by molar-refractivity contribution is -0.898. The van der Waals surface area contributed by atoms with E-state index in [4.69, 9.17) is 4.74 Å². The van der Waals surface area contributed by atoms with E-state index in [9.17, 15) is 9.59 Å².